The summed E-state index contributed by atoms with van der Waals surface area (Å²) in [6, 6.07) is 18.9. The highest BCUT2D eigenvalue weighted by Crippen LogP contribution is 2.42. The lowest BCUT2D eigenvalue weighted by atomic mass is 9.97. The van der Waals surface area contributed by atoms with Gasteiger partial charge in [0.05, 0.1) is 20.3 Å². The summed E-state index contributed by atoms with van der Waals surface area (Å²) in [5, 5.41) is 0. The quantitative estimate of drug-likeness (QED) is 0.0352. The summed E-state index contributed by atoms with van der Waals surface area (Å²) in [5.74, 6) is 2.02. The van der Waals surface area contributed by atoms with E-state index in [4.69, 9.17) is 33.2 Å². The number of carbonyl (C=O) groups is 4. The summed E-state index contributed by atoms with van der Waals surface area (Å²) in [6.45, 7) is 27.0. The smallest absolute Gasteiger partial charge is 0.338 e. The summed E-state index contributed by atoms with van der Waals surface area (Å²) in [5.41, 5.74) is 5.92. The van der Waals surface area contributed by atoms with Crippen molar-refractivity contribution in [1.82, 2.24) is 0 Å². The van der Waals surface area contributed by atoms with Crippen LogP contribution in [0.25, 0.3) is 22.3 Å². The molecule has 0 aromatic heterocycles. The van der Waals surface area contributed by atoms with E-state index in [1.54, 1.807) is 35.2 Å². The number of benzene rings is 3. The molecule has 0 fully saturated rings. The van der Waals surface area contributed by atoms with E-state index >= 15 is 0 Å². The van der Waals surface area contributed by atoms with Crippen LogP contribution in [-0.4, -0.2) is 73.1 Å². The lowest BCUT2D eigenvalue weighted by Gasteiger charge is -2.17. The Morgan fingerprint density at radius 1 is 0.623 bits per heavy atom. The summed E-state index contributed by atoms with van der Waals surface area (Å²) in [6.07, 6.45) is 1.94. The molecule has 0 heterocycles. The second-order valence-corrected chi connectivity index (χ2v) is 11.3. The number of methoxy groups -OCH3 is 3. The van der Waals surface area contributed by atoms with Gasteiger partial charge >= 0.3 is 5.97 Å². The van der Waals surface area contributed by atoms with Gasteiger partial charge in [0.15, 0.2) is 0 Å². The normalized spacial score (nSPS) is 9.21. The van der Waals surface area contributed by atoms with Crippen LogP contribution in [0.3, 0.4) is 0 Å². The fraction of sp³-hybridized carbons (Fsp3) is 0.302. The fourth-order valence-corrected chi connectivity index (χ4v) is 3.53. The zero-order valence-electron chi connectivity index (χ0n) is 32.6. The van der Waals surface area contributed by atoms with E-state index in [-0.39, 0.29) is 0 Å². The number of allylic oxidation sites excluding steroid dienone is 3. The number of hydrogen-bond acceptors (Lipinski definition) is 10. The van der Waals surface area contributed by atoms with Gasteiger partial charge in [-0.2, -0.15) is 0 Å². The first-order valence-corrected chi connectivity index (χ1v) is 16.5. The minimum absolute atomic E-state index is 0.391. The summed E-state index contributed by atoms with van der Waals surface area (Å²) in [4.78, 5) is 39.5. The molecule has 3 aromatic rings. The second kappa shape index (κ2) is 30.1. The molecular weight excluding hydrogens is 676 g/mol. The number of aldehydes is 2. The predicted octanol–water partition coefficient (Wildman–Crippen LogP) is 8.87. The number of rotatable bonds is 16. The first kappa shape index (κ1) is 49.5. The van der Waals surface area contributed by atoms with E-state index in [1.165, 1.54) is 5.57 Å². The van der Waals surface area contributed by atoms with Crippen LogP contribution in [0, 0.1) is 0 Å². The average molecular weight is 733 g/mol. The highest BCUT2D eigenvalue weighted by atomic mass is 16.5. The summed E-state index contributed by atoms with van der Waals surface area (Å²) in [7, 11) is 4.88. The first-order chi connectivity index (χ1) is 25.3. The Balaban J connectivity index is 0. The molecule has 0 amide bonds. The zero-order chi connectivity index (χ0) is 40.8. The Morgan fingerprint density at radius 2 is 0.962 bits per heavy atom. The van der Waals surface area contributed by atoms with Gasteiger partial charge in [-0.25, -0.2) is 4.79 Å². The van der Waals surface area contributed by atoms with Gasteiger partial charge in [-0.3, -0.25) is 9.59 Å². The van der Waals surface area contributed by atoms with Gasteiger partial charge < -0.3 is 33.2 Å². The SMILES string of the molecule is C=C(C)C.C=C(C)C=O.C=C(C)C=O.C=C(CC)C(=O)Oc1cc(-c2ccc(OCCOC)cc2)c(OC)cc1-c1ccc(OCCOC)cc1.C=O. The van der Waals surface area contributed by atoms with E-state index in [2.05, 4.69) is 26.3 Å². The number of esters is 1. The van der Waals surface area contributed by atoms with Crippen LogP contribution in [0.5, 0.6) is 23.0 Å². The number of ether oxygens (including phenoxy) is 6. The largest absolute Gasteiger partial charge is 0.496 e. The monoisotopic (exact) mass is 732 g/mol. The predicted molar refractivity (Wildman–Crippen MR) is 213 cm³/mol. The van der Waals surface area contributed by atoms with Crippen molar-refractivity contribution < 1.29 is 47.6 Å². The number of hydrogen-bond donors (Lipinski definition) is 0. The maximum Gasteiger partial charge on any atom is 0.338 e. The first-order valence-electron chi connectivity index (χ1n) is 16.5. The van der Waals surface area contributed by atoms with Crippen molar-refractivity contribution in [2.24, 2.45) is 0 Å². The van der Waals surface area contributed by atoms with E-state index in [1.807, 2.05) is 88.2 Å². The summed E-state index contributed by atoms with van der Waals surface area (Å²) >= 11 is 0. The number of carbonyl (C=O) groups excluding carboxylic acids is 4. The zero-order valence-corrected chi connectivity index (χ0v) is 32.6. The van der Waals surface area contributed by atoms with E-state index in [9.17, 15) is 14.4 Å². The maximum absolute atomic E-state index is 12.7. The van der Waals surface area contributed by atoms with Crippen LogP contribution in [0.1, 0.15) is 41.0 Å². The second-order valence-electron chi connectivity index (χ2n) is 11.3. The molecule has 3 aromatic carbocycles. The lowest BCUT2D eigenvalue weighted by Crippen LogP contribution is -2.11. The molecule has 0 saturated carbocycles. The Kier molecular flexibility index (Phi) is 28.1. The average Bonchev–Trinajstić information content (AvgIpc) is 3.16. The van der Waals surface area contributed by atoms with Crippen molar-refractivity contribution in [3.63, 3.8) is 0 Å². The van der Waals surface area contributed by atoms with Gasteiger partial charge in [-0.15, -0.1) is 6.58 Å². The Bertz CT molecular complexity index is 1550. The fourth-order valence-electron chi connectivity index (χ4n) is 3.53. The molecule has 0 saturated heterocycles. The highest BCUT2D eigenvalue weighted by Gasteiger charge is 2.18. The van der Waals surface area contributed by atoms with Crippen molar-refractivity contribution in [1.29, 1.82) is 0 Å². The molecule has 0 N–H and O–H groups in total. The van der Waals surface area contributed by atoms with Crippen LogP contribution >= 0.6 is 0 Å². The maximum atomic E-state index is 12.7. The third kappa shape index (κ3) is 22.1. The Labute approximate surface area is 315 Å². The molecule has 3 rings (SSSR count). The van der Waals surface area contributed by atoms with E-state index < -0.39 is 5.97 Å². The molecule has 288 valence electrons. The van der Waals surface area contributed by atoms with Crippen molar-refractivity contribution in [2.75, 3.05) is 47.8 Å². The molecule has 0 radical (unpaired) electrons. The Hall–Kier alpha value is -5.58. The molecular formula is C43H56O10. The van der Waals surface area contributed by atoms with E-state index in [0.717, 1.165) is 40.8 Å². The van der Waals surface area contributed by atoms with Crippen molar-refractivity contribution in [3.8, 4) is 45.3 Å². The topological polar surface area (TPSA) is 124 Å². The molecule has 0 atom stereocenters. The van der Waals surface area contributed by atoms with Crippen LogP contribution in [-0.2, 0) is 28.7 Å². The van der Waals surface area contributed by atoms with Crippen LogP contribution in [0.4, 0.5) is 0 Å². The van der Waals surface area contributed by atoms with Gasteiger partial charge in [-0.05, 0) is 92.8 Å². The van der Waals surface area contributed by atoms with Crippen molar-refractivity contribution in [2.45, 2.75) is 41.0 Å². The van der Waals surface area contributed by atoms with E-state index in [0.29, 0.717) is 66.6 Å². The summed E-state index contributed by atoms with van der Waals surface area (Å²) < 4.78 is 33.0. The molecule has 53 heavy (non-hydrogen) atoms. The van der Waals surface area contributed by atoms with Crippen LogP contribution in [0.15, 0.2) is 109 Å². The van der Waals surface area contributed by atoms with Crippen LogP contribution < -0.4 is 18.9 Å². The van der Waals surface area contributed by atoms with Crippen LogP contribution in [0.2, 0.25) is 0 Å². The minimum Gasteiger partial charge on any atom is -0.496 e. The van der Waals surface area contributed by atoms with Gasteiger partial charge in [0, 0.05) is 30.9 Å². The Morgan fingerprint density at radius 3 is 1.26 bits per heavy atom. The lowest BCUT2D eigenvalue weighted by molar-refractivity contribution is -0.130. The molecule has 0 aliphatic rings. The molecule has 10 nitrogen and oxygen atoms in total. The molecule has 0 aliphatic heterocycles. The molecule has 10 heteroatoms. The molecule has 0 bridgehead atoms. The van der Waals surface area contributed by atoms with Gasteiger partial charge in [0.25, 0.3) is 0 Å². The van der Waals surface area contributed by atoms with Gasteiger partial charge in [-0.1, -0.05) is 56.5 Å². The third-order valence-corrected chi connectivity index (χ3v) is 6.07. The standard InChI is InChI=1S/C30H34O7.2C4H6O.C4H8.CH2O/c1-6-21(2)30(31)37-29-20-26(22-7-11-24(12-8-22)35-17-15-32-3)28(34-5)19-27(29)23-9-13-25(14-10-23)36-18-16-33-4;2*1-4(2)3-5;1-4(2)3;1-2/h7-14,19-20H,2,6,15-18H2,1,3-5H3;2*3H,1H2,2H3;1H2,2-3H3;1H2. The molecule has 0 unspecified atom stereocenters. The highest BCUT2D eigenvalue weighted by molar-refractivity contribution is 5.92. The molecule has 0 aliphatic carbocycles. The third-order valence-electron chi connectivity index (χ3n) is 6.07. The van der Waals surface area contributed by atoms with Crippen molar-refractivity contribution in [3.05, 3.63) is 109 Å². The minimum atomic E-state index is -0.471. The molecule has 0 spiro atoms. The van der Waals surface area contributed by atoms with Gasteiger partial charge in [0.1, 0.15) is 55.6 Å². The van der Waals surface area contributed by atoms with Gasteiger partial charge in [0.2, 0.25) is 0 Å². The van der Waals surface area contributed by atoms with Crippen molar-refractivity contribution >= 4 is 25.3 Å².